The predicted molar refractivity (Wildman–Crippen MR) is 59.9 cm³/mol. The Kier molecular flexibility index (Phi) is 4.30. The average Bonchev–Trinajstić information content (AvgIpc) is 2.14. The zero-order chi connectivity index (χ0) is 13.2. The maximum atomic E-state index is 13.1. The second kappa shape index (κ2) is 5.16. The van der Waals surface area contributed by atoms with E-state index in [1.54, 1.807) is 4.90 Å². The monoisotopic (exact) mass is 250 g/mol. The lowest BCUT2D eigenvalue weighted by molar-refractivity contribution is -0.101. The fourth-order valence-corrected chi connectivity index (χ4v) is 2.34. The van der Waals surface area contributed by atoms with Crippen molar-refractivity contribution in [3.8, 4) is 0 Å². The number of likely N-dealkylation sites (tertiary alicyclic amines) is 1. The number of rotatable bonds is 2. The van der Waals surface area contributed by atoms with Gasteiger partial charge in [-0.15, -0.1) is 0 Å². The van der Waals surface area contributed by atoms with E-state index in [0.717, 1.165) is 6.42 Å². The maximum Gasteiger partial charge on any atom is 0.404 e. The minimum absolute atomic E-state index is 0.388. The van der Waals surface area contributed by atoms with Crippen LogP contribution < -0.4 is 5.73 Å². The van der Waals surface area contributed by atoms with Crippen LogP contribution in [0.5, 0.6) is 0 Å². The maximum absolute atomic E-state index is 13.1. The molecule has 1 rings (SSSR count). The van der Waals surface area contributed by atoms with Crippen LogP contribution in [0.25, 0.3) is 0 Å². The minimum Gasteiger partial charge on any atom is -0.444 e. The molecule has 6 heteroatoms. The van der Waals surface area contributed by atoms with Gasteiger partial charge in [0.05, 0.1) is 0 Å². The molecule has 2 N–H and O–H groups in total. The highest BCUT2D eigenvalue weighted by Crippen LogP contribution is 2.31. The zero-order valence-electron chi connectivity index (χ0n) is 10.5. The Morgan fingerprint density at radius 1 is 1.47 bits per heavy atom. The molecule has 0 bridgehead atoms. The quantitative estimate of drug-likeness (QED) is 0.815. The fourth-order valence-electron chi connectivity index (χ4n) is 2.34. The van der Waals surface area contributed by atoms with Crippen LogP contribution in [-0.2, 0) is 4.74 Å². The Morgan fingerprint density at radius 2 is 2.06 bits per heavy atom. The van der Waals surface area contributed by atoms with Gasteiger partial charge < -0.3 is 10.5 Å². The van der Waals surface area contributed by atoms with Crippen LogP contribution in [-0.4, -0.2) is 41.6 Å². The molecule has 1 saturated heterocycles. The third-order valence-electron chi connectivity index (χ3n) is 3.02. The van der Waals surface area contributed by atoms with Crippen molar-refractivity contribution in [2.24, 2.45) is 5.73 Å². The standard InChI is InChI=1S/C11H20F2N2O2/c1-11(2,3)15-6-4-5-7(17-10(14)16)8(15)9(12)13/h7-9H,4-6H2,1-3H3,(H2,14,16)/t7-,8+/m1/s1. The summed E-state index contributed by atoms with van der Waals surface area (Å²) in [5.41, 5.74) is 4.53. The van der Waals surface area contributed by atoms with Crippen LogP contribution in [0.1, 0.15) is 33.6 Å². The van der Waals surface area contributed by atoms with E-state index in [2.05, 4.69) is 0 Å². The van der Waals surface area contributed by atoms with E-state index in [-0.39, 0.29) is 5.54 Å². The van der Waals surface area contributed by atoms with Crippen molar-refractivity contribution in [3.05, 3.63) is 0 Å². The molecule has 4 nitrogen and oxygen atoms in total. The fraction of sp³-hybridized carbons (Fsp3) is 0.909. The third kappa shape index (κ3) is 3.52. The molecule has 1 aliphatic rings. The molecule has 0 aromatic heterocycles. The number of carbonyl (C=O) groups is 1. The summed E-state index contributed by atoms with van der Waals surface area (Å²) in [6.07, 6.45) is -3.21. The Hall–Kier alpha value is -0.910. The molecule has 100 valence electrons. The van der Waals surface area contributed by atoms with Gasteiger partial charge >= 0.3 is 6.09 Å². The zero-order valence-corrected chi connectivity index (χ0v) is 10.5. The largest absolute Gasteiger partial charge is 0.444 e. The van der Waals surface area contributed by atoms with Crippen molar-refractivity contribution < 1.29 is 18.3 Å². The molecule has 0 aliphatic carbocycles. The van der Waals surface area contributed by atoms with Crippen molar-refractivity contribution in [2.45, 2.75) is 57.7 Å². The Balaban J connectivity index is 2.88. The van der Waals surface area contributed by atoms with Crippen molar-refractivity contribution in [1.29, 1.82) is 0 Å². The Morgan fingerprint density at radius 3 is 2.47 bits per heavy atom. The Labute approximate surface area is 100 Å². The molecule has 0 aromatic carbocycles. The second-order valence-corrected chi connectivity index (χ2v) is 5.31. The topological polar surface area (TPSA) is 55.6 Å². The predicted octanol–water partition coefficient (Wildman–Crippen LogP) is 1.98. The van der Waals surface area contributed by atoms with E-state index in [0.29, 0.717) is 13.0 Å². The molecule has 0 aromatic rings. The summed E-state index contributed by atoms with van der Waals surface area (Å²) < 4.78 is 31.1. The Bertz CT molecular complexity index is 279. The van der Waals surface area contributed by atoms with E-state index in [1.165, 1.54) is 0 Å². The number of hydrogen-bond donors (Lipinski definition) is 1. The molecule has 17 heavy (non-hydrogen) atoms. The molecular weight excluding hydrogens is 230 g/mol. The molecule has 0 unspecified atom stereocenters. The van der Waals surface area contributed by atoms with Crippen LogP contribution in [0.3, 0.4) is 0 Å². The van der Waals surface area contributed by atoms with Gasteiger partial charge in [-0.25, -0.2) is 13.6 Å². The van der Waals surface area contributed by atoms with E-state index in [1.807, 2.05) is 20.8 Å². The molecular formula is C11H20F2N2O2. The molecule has 1 heterocycles. The van der Waals surface area contributed by atoms with E-state index in [4.69, 9.17) is 10.5 Å². The van der Waals surface area contributed by atoms with Gasteiger partial charge in [0, 0.05) is 5.54 Å². The summed E-state index contributed by atoms with van der Waals surface area (Å²) in [5.74, 6) is 0. The van der Waals surface area contributed by atoms with Crippen LogP contribution in [0.15, 0.2) is 0 Å². The first-order valence-electron chi connectivity index (χ1n) is 5.74. The average molecular weight is 250 g/mol. The second-order valence-electron chi connectivity index (χ2n) is 5.31. The number of alkyl halides is 2. The van der Waals surface area contributed by atoms with E-state index < -0.39 is 24.7 Å². The summed E-state index contributed by atoms with van der Waals surface area (Å²) >= 11 is 0. The number of nitrogens with two attached hydrogens (primary N) is 1. The van der Waals surface area contributed by atoms with Crippen molar-refractivity contribution in [2.75, 3.05) is 6.54 Å². The molecule has 0 radical (unpaired) electrons. The van der Waals surface area contributed by atoms with E-state index in [9.17, 15) is 13.6 Å². The van der Waals surface area contributed by atoms with Crippen LogP contribution in [0.2, 0.25) is 0 Å². The molecule has 1 aliphatic heterocycles. The van der Waals surface area contributed by atoms with Gasteiger partial charge in [0.25, 0.3) is 6.43 Å². The number of halogens is 2. The van der Waals surface area contributed by atoms with Gasteiger partial charge in [-0.05, 0) is 40.2 Å². The van der Waals surface area contributed by atoms with Crippen molar-refractivity contribution in [3.63, 3.8) is 0 Å². The number of carbonyl (C=O) groups excluding carboxylic acids is 1. The smallest absolute Gasteiger partial charge is 0.404 e. The lowest BCUT2D eigenvalue weighted by atomic mass is 9.92. The number of amides is 1. The third-order valence-corrected chi connectivity index (χ3v) is 3.02. The summed E-state index contributed by atoms with van der Waals surface area (Å²) in [6, 6.07) is -1.07. The summed E-state index contributed by atoms with van der Waals surface area (Å²) in [7, 11) is 0. The molecule has 1 amide bonds. The molecule has 1 fully saturated rings. The number of nitrogens with zero attached hydrogens (tertiary/aromatic N) is 1. The SMILES string of the molecule is CC(C)(C)N1CCC[C@@H](OC(N)=O)[C@H]1C(F)F. The normalized spacial score (nSPS) is 27.2. The van der Waals surface area contributed by atoms with Gasteiger partial charge in [-0.2, -0.15) is 0 Å². The van der Waals surface area contributed by atoms with Crippen LogP contribution >= 0.6 is 0 Å². The first kappa shape index (κ1) is 14.2. The first-order valence-corrected chi connectivity index (χ1v) is 5.74. The highest BCUT2D eigenvalue weighted by Gasteiger charge is 2.43. The van der Waals surface area contributed by atoms with E-state index >= 15 is 0 Å². The van der Waals surface area contributed by atoms with Crippen molar-refractivity contribution in [1.82, 2.24) is 4.90 Å². The highest BCUT2D eigenvalue weighted by molar-refractivity contribution is 5.64. The summed E-state index contributed by atoms with van der Waals surface area (Å²) in [6.45, 7) is 6.19. The molecule has 2 atom stereocenters. The number of ether oxygens (including phenoxy) is 1. The van der Waals surface area contributed by atoms with Gasteiger partial charge in [-0.1, -0.05) is 0 Å². The number of primary amides is 1. The van der Waals surface area contributed by atoms with Crippen molar-refractivity contribution >= 4 is 6.09 Å². The van der Waals surface area contributed by atoms with Gasteiger partial charge in [0.2, 0.25) is 0 Å². The highest BCUT2D eigenvalue weighted by atomic mass is 19.3. The molecule has 0 saturated carbocycles. The lowest BCUT2D eigenvalue weighted by Gasteiger charge is -2.46. The summed E-state index contributed by atoms with van der Waals surface area (Å²) in [4.78, 5) is 12.4. The van der Waals surface area contributed by atoms with Gasteiger partial charge in [-0.3, -0.25) is 4.90 Å². The summed E-state index contributed by atoms with van der Waals surface area (Å²) in [5, 5.41) is 0. The van der Waals surface area contributed by atoms with Crippen LogP contribution in [0.4, 0.5) is 13.6 Å². The van der Waals surface area contributed by atoms with Gasteiger partial charge in [0.15, 0.2) is 0 Å². The number of hydrogen-bond acceptors (Lipinski definition) is 3. The number of piperidine rings is 1. The van der Waals surface area contributed by atoms with Gasteiger partial charge in [0.1, 0.15) is 12.1 Å². The minimum atomic E-state index is -2.56. The first-order chi connectivity index (χ1) is 7.73. The van der Waals surface area contributed by atoms with Crippen LogP contribution in [0, 0.1) is 0 Å². The molecule has 0 spiro atoms. The lowest BCUT2D eigenvalue weighted by Crippen LogP contribution is -2.60.